The van der Waals surface area contributed by atoms with Gasteiger partial charge in [0, 0.05) is 36.8 Å². The van der Waals surface area contributed by atoms with Gasteiger partial charge in [-0.2, -0.15) is 0 Å². The van der Waals surface area contributed by atoms with Gasteiger partial charge in [-0.05, 0) is 43.7 Å². The average Bonchev–Trinajstić information content (AvgIpc) is 3.48. The second kappa shape index (κ2) is 8.41. The summed E-state index contributed by atoms with van der Waals surface area (Å²) >= 11 is 0. The Morgan fingerprint density at radius 3 is 2.77 bits per heavy atom. The van der Waals surface area contributed by atoms with Crippen molar-refractivity contribution in [1.82, 2.24) is 25.2 Å². The highest BCUT2D eigenvalue weighted by atomic mass is 16.5. The molecule has 8 heteroatoms. The van der Waals surface area contributed by atoms with Crippen LogP contribution < -0.4 is 15.5 Å². The number of nitrogens with one attached hydrogen (secondary N) is 2. The Morgan fingerprint density at radius 2 is 2.00 bits per heavy atom. The fraction of sp³-hybridized carbons (Fsp3) is 0.409. The number of morpholine rings is 1. The highest BCUT2D eigenvalue weighted by Gasteiger charge is 2.17. The summed E-state index contributed by atoms with van der Waals surface area (Å²) in [5.41, 5.74) is 3.34. The van der Waals surface area contributed by atoms with E-state index in [0.29, 0.717) is 18.2 Å². The summed E-state index contributed by atoms with van der Waals surface area (Å²) in [4.78, 5) is 19.2. The monoisotopic (exact) mass is 406 g/mol. The van der Waals surface area contributed by atoms with Gasteiger partial charge in [-0.3, -0.25) is 4.79 Å². The first-order valence-corrected chi connectivity index (χ1v) is 10.6. The van der Waals surface area contributed by atoms with Crippen LogP contribution in [-0.2, 0) is 4.74 Å². The van der Waals surface area contributed by atoms with Crippen molar-refractivity contribution < 1.29 is 9.53 Å². The van der Waals surface area contributed by atoms with Crippen LogP contribution in [0.3, 0.4) is 0 Å². The molecule has 1 aromatic carbocycles. The fourth-order valence-electron chi connectivity index (χ4n) is 4.06. The third-order valence-electron chi connectivity index (χ3n) is 5.80. The number of anilines is 1. The standard InChI is InChI=1S/C22H26N6O2/c29-22(25-14-18-2-1-9-23-18)17-5-3-16(4-6-17)19-15-24-20-7-8-21(26-28(19)20)27-10-12-30-13-11-27/h3-8,15,18,23H,1-2,9-14H2,(H,25,29)/t18-/m0/s1. The number of nitrogens with zero attached hydrogens (tertiary/aromatic N) is 4. The lowest BCUT2D eigenvalue weighted by molar-refractivity contribution is 0.0950. The summed E-state index contributed by atoms with van der Waals surface area (Å²) in [6.45, 7) is 4.82. The van der Waals surface area contributed by atoms with Crippen LogP contribution in [0.1, 0.15) is 23.2 Å². The van der Waals surface area contributed by atoms with E-state index in [1.54, 1.807) is 0 Å². The van der Waals surface area contributed by atoms with Crippen LogP contribution in [0, 0.1) is 0 Å². The molecule has 2 N–H and O–H groups in total. The number of imidazole rings is 1. The maximum Gasteiger partial charge on any atom is 0.251 e. The second-order valence-corrected chi connectivity index (χ2v) is 7.79. The number of ether oxygens (including phenoxy) is 1. The van der Waals surface area contributed by atoms with Crippen LogP contribution >= 0.6 is 0 Å². The van der Waals surface area contributed by atoms with Gasteiger partial charge in [0.2, 0.25) is 0 Å². The third kappa shape index (κ3) is 3.88. The van der Waals surface area contributed by atoms with E-state index in [2.05, 4.69) is 20.5 Å². The largest absolute Gasteiger partial charge is 0.378 e. The number of carbonyl (C=O) groups excluding carboxylic acids is 1. The van der Waals surface area contributed by atoms with Crippen molar-refractivity contribution >= 4 is 17.4 Å². The Labute approximate surface area is 175 Å². The molecular weight excluding hydrogens is 380 g/mol. The molecule has 0 bridgehead atoms. The molecule has 2 fully saturated rings. The van der Waals surface area contributed by atoms with Crippen LogP contribution in [0.15, 0.2) is 42.6 Å². The Morgan fingerprint density at radius 1 is 1.17 bits per heavy atom. The Bertz CT molecular complexity index is 1020. The third-order valence-corrected chi connectivity index (χ3v) is 5.80. The minimum Gasteiger partial charge on any atom is -0.378 e. The molecule has 30 heavy (non-hydrogen) atoms. The molecule has 0 spiro atoms. The van der Waals surface area contributed by atoms with Gasteiger partial charge in [-0.25, -0.2) is 9.50 Å². The molecule has 1 amide bonds. The van der Waals surface area contributed by atoms with Crippen molar-refractivity contribution in [2.45, 2.75) is 18.9 Å². The van der Waals surface area contributed by atoms with Crippen molar-refractivity contribution in [1.29, 1.82) is 0 Å². The number of fused-ring (bicyclic) bond motifs is 1. The van der Waals surface area contributed by atoms with E-state index in [-0.39, 0.29) is 5.91 Å². The number of amides is 1. The summed E-state index contributed by atoms with van der Waals surface area (Å²) in [5.74, 6) is 0.877. The van der Waals surface area contributed by atoms with Crippen molar-refractivity contribution in [3.63, 3.8) is 0 Å². The number of rotatable bonds is 5. The van der Waals surface area contributed by atoms with Crippen molar-refractivity contribution in [3.05, 3.63) is 48.2 Å². The predicted molar refractivity (Wildman–Crippen MR) is 115 cm³/mol. The second-order valence-electron chi connectivity index (χ2n) is 7.79. The molecule has 2 saturated heterocycles. The first-order chi connectivity index (χ1) is 14.8. The highest BCUT2D eigenvalue weighted by Crippen LogP contribution is 2.22. The van der Waals surface area contributed by atoms with Gasteiger partial charge < -0.3 is 20.3 Å². The van der Waals surface area contributed by atoms with E-state index in [0.717, 1.165) is 62.0 Å². The average molecular weight is 406 g/mol. The Balaban J connectivity index is 1.33. The molecule has 3 aromatic rings. The van der Waals surface area contributed by atoms with Gasteiger partial charge >= 0.3 is 0 Å². The number of aromatic nitrogens is 3. The Hall–Kier alpha value is -2.97. The topological polar surface area (TPSA) is 83.8 Å². The number of hydrogen-bond acceptors (Lipinski definition) is 6. The van der Waals surface area contributed by atoms with Crippen molar-refractivity contribution in [3.8, 4) is 11.3 Å². The maximum atomic E-state index is 12.4. The molecule has 0 saturated carbocycles. The first-order valence-electron chi connectivity index (χ1n) is 10.6. The number of benzene rings is 1. The zero-order valence-electron chi connectivity index (χ0n) is 16.9. The van der Waals surface area contributed by atoms with E-state index < -0.39 is 0 Å². The van der Waals surface area contributed by atoms with Gasteiger partial charge in [0.25, 0.3) is 5.91 Å². The molecule has 2 aliphatic rings. The zero-order chi connectivity index (χ0) is 20.3. The van der Waals surface area contributed by atoms with E-state index in [1.807, 2.05) is 47.1 Å². The predicted octanol–water partition coefficient (Wildman–Crippen LogP) is 1.71. The van der Waals surface area contributed by atoms with Crippen LogP contribution in [0.25, 0.3) is 16.9 Å². The minimum absolute atomic E-state index is 0.0406. The molecule has 0 aliphatic carbocycles. The minimum atomic E-state index is -0.0406. The van der Waals surface area contributed by atoms with Crippen molar-refractivity contribution in [2.24, 2.45) is 0 Å². The summed E-state index contributed by atoms with van der Waals surface area (Å²) in [6, 6.07) is 12.0. The van der Waals surface area contributed by atoms with Crippen molar-refractivity contribution in [2.75, 3.05) is 44.3 Å². The lowest BCUT2D eigenvalue weighted by atomic mass is 10.1. The van der Waals surface area contributed by atoms with Gasteiger partial charge in [-0.1, -0.05) is 12.1 Å². The molecule has 0 radical (unpaired) electrons. The molecule has 0 unspecified atom stereocenters. The molecule has 2 aromatic heterocycles. The van der Waals surface area contributed by atoms with E-state index >= 15 is 0 Å². The normalized spacial score (nSPS) is 19.3. The SMILES string of the molecule is O=C(NC[C@@H]1CCCN1)c1ccc(-c2cnc3ccc(N4CCOCC4)nn23)cc1. The Kier molecular flexibility index (Phi) is 5.33. The number of carbonyl (C=O) groups is 1. The van der Waals surface area contributed by atoms with E-state index in [9.17, 15) is 4.79 Å². The van der Waals surface area contributed by atoms with Crippen LogP contribution in [0.2, 0.25) is 0 Å². The summed E-state index contributed by atoms with van der Waals surface area (Å²) in [6.07, 6.45) is 4.12. The van der Waals surface area contributed by atoms with Crippen LogP contribution in [0.4, 0.5) is 5.82 Å². The van der Waals surface area contributed by atoms with Gasteiger partial charge in [-0.15, -0.1) is 5.10 Å². The lowest BCUT2D eigenvalue weighted by Gasteiger charge is -2.27. The molecule has 8 nitrogen and oxygen atoms in total. The molecule has 4 heterocycles. The van der Waals surface area contributed by atoms with Gasteiger partial charge in [0.1, 0.15) is 5.82 Å². The quantitative estimate of drug-likeness (QED) is 0.671. The summed E-state index contributed by atoms with van der Waals surface area (Å²) in [7, 11) is 0. The first kappa shape index (κ1) is 19.0. The molecule has 156 valence electrons. The highest BCUT2D eigenvalue weighted by molar-refractivity contribution is 5.94. The molecule has 2 aliphatic heterocycles. The lowest BCUT2D eigenvalue weighted by Crippen LogP contribution is -2.37. The summed E-state index contributed by atoms with van der Waals surface area (Å²) in [5, 5.41) is 11.2. The van der Waals surface area contributed by atoms with Gasteiger partial charge in [0.15, 0.2) is 5.65 Å². The van der Waals surface area contributed by atoms with Gasteiger partial charge in [0.05, 0.1) is 25.1 Å². The molecule has 1 atom stereocenters. The number of hydrogen-bond donors (Lipinski definition) is 2. The van der Waals surface area contributed by atoms with E-state index in [4.69, 9.17) is 9.84 Å². The fourth-order valence-corrected chi connectivity index (χ4v) is 4.06. The smallest absolute Gasteiger partial charge is 0.251 e. The van der Waals surface area contributed by atoms with E-state index in [1.165, 1.54) is 6.42 Å². The zero-order valence-corrected chi connectivity index (χ0v) is 16.9. The van der Waals surface area contributed by atoms with Crippen LogP contribution in [-0.4, -0.2) is 65.9 Å². The van der Waals surface area contributed by atoms with Crippen LogP contribution in [0.5, 0.6) is 0 Å². The maximum absolute atomic E-state index is 12.4. The molecule has 5 rings (SSSR count). The summed E-state index contributed by atoms with van der Waals surface area (Å²) < 4.78 is 7.31. The molecular formula is C22H26N6O2.